The minimum Gasteiger partial charge on any atom is -0.337 e. The molecule has 1 fully saturated rings. The van der Waals surface area contributed by atoms with E-state index >= 15 is 0 Å². The van der Waals surface area contributed by atoms with E-state index in [0.717, 1.165) is 12.8 Å². The molecule has 2 N–H and O–H groups in total. The van der Waals surface area contributed by atoms with E-state index in [-0.39, 0.29) is 11.4 Å². The molecule has 3 nitrogen and oxygen atoms in total. The zero-order chi connectivity index (χ0) is 14.7. The number of carbonyl (C=O) groups is 1. The lowest BCUT2D eigenvalue weighted by molar-refractivity contribution is 0.239. The standard InChI is InChI=1S/C17H20N2OS/c1-13-7-10-21-15(13)11-18-16(20)19-12-17(8-9-17)14-5-3-2-4-6-14/h2-7,10H,8-9,11-12H2,1H3,(H2,18,19,20). The van der Waals surface area contributed by atoms with Crippen LogP contribution in [-0.2, 0) is 12.0 Å². The molecule has 1 saturated carbocycles. The molecule has 2 amide bonds. The van der Waals surface area contributed by atoms with Crippen molar-refractivity contribution in [1.29, 1.82) is 0 Å². The van der Waals surface area contributed by atoms with Crippen molar-refractivity contribution in [3.63, 3.8) is 0 Å². The smallest absolute Gasteiger partial charge is 0.315 e. The molecular formula is C17H20N2OS. The van der Waals surface area contributed by atoms with Crippen molar-refractivity contribution in [2.24, 2.45) is 0 Å². The van der Waals surface area contributed by atoms with Gasteiger partial charge in [-0.15, -0.1) is 11.3 Å². The third-order valence-electron chi connectivity index (χ3n) is 4.20. The monoisotopic (exact) mass is 300 g/mol. The van der Waals surface area contributed by atoms with Crippen LogP contribution in [0.1, 0.15) is 28.8 Å². The van der Waals surface area contributed by atoms with Crippen molar-refractivity contribution in [3.05, 3.63) is 57.8 Å². The Morgan fingerprint density at radius 2 is 1.95 bits per heavy atom. The number of hydrogen-bond acceptors (Lipinski definition) is 2. The molecule has 1 aromatic heterocycles. The van der Waals surface area contributed by atoms with Gasteiger partial charge >= 0.3 is 6.03 Å². The third-order valence-corrected chi connectivity index (χ3v) is 5.23. The molecule has 0 unspecified atom stereocenters. The van der Waals surface area contributed by atoms with Crippen molar-refractivity contribution in [2.45, 2.75) is 31.7 Å². The van der Waals surface area contributed by atoms with Gasteiger partial charge < -0.3 is 10.6 Å². The van der Waals surface area contributed by atoms with Crippen molar-refractivity contribution < 1.29 is 4.79 Å². The maximum Gasteiger partial charge on any atom is 0.315 e. The molecule has 1 heterocycles. The zero-order valence-electron chi connectivity index (χ0n) is 12.2. The number of urea groups is 1. The fourth-order valence-electron chi connectivity index (χ4n) is 2.57. The first kappa shape index (κ1) is 14.1. The Hall–Kier alpha value is -1.81. The van der Waals surface area contributed by atoms with Crippen LogP contribution in [0, 0.1) is 6.92 Å². The van der Waals surface area contributed by atoms with Gasteiger partial charge in [-0.1, -0.05) is 30.3 Å². The molecule has 1 aliphatic carbocycles. The van der Waals surface area contributed by atoms with Crippen LogP contribution >= 0.6 is 11.3 Å². The normalized spacial score (nSPS) is 15.5. The molecule has 21 heavy (non-hydrogen) atoms. The van der Waals surface area contributed by atoms with Gasteiger partial charge in [-0.05, 0) is 42.3 Å². The van der Waals surface area contributed by atoms with Crippen LogP contribution in [0.2, 0.25) is 0 Å². The van der Waals surface area contributed by atoms with Gasteiger partial charge in [-0.25, -0.2) is 4.79 Å². The molecule has 4 heteroatoms. The molecular weight excluding hydrogens is 280 g/mol. The van der Waals surface area contributed by atoms with Crippen molar-refractivity contribution in [2.75, 3.05) is 6.54 Å². The van der Waals surface area contributed by atoms with Gasteiger partial charge in [0.15, 0.2) is 0 Å². The molecule has 0 atom stereocenters. The van der Waals surface area contributed by atoms with E-state index in [1.807, 2.05) is 6.07 Å². The maximum atomic E-state index is 11.9. The minimum absolute atomic E-state index is 0.0787. The molecule has 0 saturated heterocycles. The first-order chi connectivity index (χ1) is 10.2. The average molecular weight is 300 g/mol. The van der Waals surface area contributed by atoms with Gasteiger partial charge in [0.05, 0.1) is 6.54 Å². The zero-order valence-corrected chi connectivity index (χ0v) is 13.0. The van der Waals surface area contributed by atoms with Gasteiger partial charge in [0.25, 0.3) is 0 Å². The van der Waals surface area contributed by atoms with Gasteiger partial charge in [-0.2, -0.15) is 0 Å². The quantitative estimate of drug-likeness (QED) is 0.870. The lowest BCUT2D eigenvalue weighted by Gasteiger charge is -2.17. The summed E-state index contributed by atoms with van der Waals surface area (Å²) in [5.41, 5.74) is 2.74. The lowest BCUT2D eigenvalue weighted by atomic mass is 9.96. The summed E-state index contributed by atoms with van der Waals surface area (Å²) < 4.78 is 0. The van der Waals surface area contributed by atoms with E-state index in [0.29, 0.717) is 13.1 Å². The number of hydrogen-bond donors (Lipinski definition) is 2. The predicted octanol–water partition coefficient (Wildman–Crippen LogP) is 3.59. The van der Waals surface area contributed by atoms with E-state index in [2.05, 4.69) is 53.3 Å². The number of nitrogens with one attached hydrogen (secondary N) is 2. The van der Waals surface area contributed by atoms with Gasteiger partial charge in [0, 0.05) is 16.8 Å². The van der Waals surface area contributed by atoms with Gasteiger partial charge in [0.2, 0.25) is 0 Å². The second-order valence-electron chi connectivity index (χ2n) is 5.71. The Morgan fingerprint density at radius 1 is 1.19 bits per heavy atom. The number of thiophene rings is 1. The highest BCUT2D eigenvalue weighted by Crippen LogP contribution is 2.47. The molecule has 2 aromatic rings. The summed E-state index contributed by atoms with van der Waals surface area (Å²) in [5, 5.41) is 8.01. The molecule has 0 radical (unpaired) electrons. The molecule has 1 aromatic carbocycles. The summed E-state index contributed by atoms with van der Waals surface area (Å²) in [7, 11) is 0. The Kier molecular flexibility index (Phi) is 3.97. The van der Waals surface area contributed by atoms with Crippen LogP contribution in [0.4, 0.5) is 4.79 Å². The highest BCUT2D eigenvalue weighted by molar-refractivity contribution is 7.10. The summed E-state index contributed by atoms with van der Waals surface area (Å²) in [5.74, 6) is 0. The summed E-state index contributed by atoms with van der Waals surface area (Å²) in [6, 6.07) is 12.5. The minimum atomic E-state index is -0.0787. The summed E-state index contributed by atoms with van der Waals surface area (Å²) in [6.45, 7) is 3.39. The number of amides is 2. The highest BCUT2D eigenvalue weighted by Gasteiger charge is 2.44. The Bertz CT molecular complexity index is 617. The number of benzene rings is 1. The molecule has 110 valence electrons. The summed E-state index contributed by atoms with van der Waals surface area (Å²) >= 11 is 1.68. The summed E-state index contributed by atoms with van der Waals surface area (Å²) in [6.07, 6.45) is 2.31. The molecule has 0 bridgehead atoms. The van der Waals surface area contributed by atoms with Crippen LogP contribution < -0.4 is 10.6 Å². The highest BCUT2D eigenvalue weighted by atomic mass is 32.1. The first-order valence-electron chi connectivity index (χ1n) is 7.30. The van der Waals surface area contributed by atoms with E-state index in [9.17, 15) is 4.79 Å². The number of rotatable bonds is 5. The molecule has 3 rings (SSSR count). The van der Waals surface area contributed by atoms with E-state index in [1.165, 1.54) is 16.0 Å². The largest absolute Gasteiger partial charge is 0.337 e. The fourth-order valence-corrected chi connectivity index (χ4v) is 3.41. The van der Waals surface area contributed by atoms with Crippen LogP contribution in [0.15, 0.2) is 41.8 Å². The Labute approximate surface area is 129 Å². The Balaban J connectivity index is 1.49. The maximum absolute atomic E-state index is 11.9. The average Bonchev–Trinajstić information content (AvgIpc) is 3.20. The van der Waals surface area contributed by atoms with Crippen LogP contribution in [0.3, 0.4) is 0 Å². The molecule has 1 aliphatic rings. The summed E-state index contributed by atoms with van der Waals surface area (Å²) in [4.78, 5) is 13.2. The van der Waals surface area contributed by atoms with E-state index < -0.39 is 0 Å². The van der Waals surface area contributed by atoms with Gasteiger partial charge in [-0.3, -0.25) is 0 Å². The van der Waals surface area contributed by atoms with E-state index in [4.69, 9.17) is 0 Å². The van der Waals surface area contributed by atoms with Crippen molar-refractivity contribution in [3.8, 4) is 0 Å². The second kappa shape index (κ2) is 5.90. The Morgan fingerprint density at radius 3 is 2.57 bits per heavy atom. The van der Waals surface area contributed by atoms with Crippen LogP contribution in [-0.4, -0.2) is 12.6 Å². The molecule has 0 aliphatic heterocycles. The lowest BCUT2D eigenvalue weighted by Crippen LogP contribution is -2.39. The first-order valence-corrected chi connectivity index (χ1v) is 8.18. The SMILES string of the molecule is Cc1ccsc1CNC(=O)NCC1(c2ccccc2)CC1. The topological polar surface area (TPSA) is 41.1 Å². The predicted molar refractivity (Wildman–Crippen MR) is 86.6 cm³/mol. The van der Waals surface area contributed by atoms with Crippen LogP contribution in [0.25, 0.3) is 0 Å². The second-order valence-corrected chi connectivity index (χ2v) is 6.71. The molecule has 0 spiro atoms. The van der Waals surface area contributed by atoms with Crippen LogP contribution in [0.5, 0.6) is 0 Å². The number of carbonyl (C=O) groups excluding carboxylic acids is 1. The number of aryl methyl sites for hydroxylation is 1. The van der Waals surface area contributed by atoms with Crippen molar-refractivity contribution in [1.82, 2.24) is 10.6 Å². The van der Waals surface area contributed by atoms with Gasteiger partial charge in [0.1, 0.15) is 0 Å². The third kappa shape index (κ3) is 3.27. The van der Waals surface area contributed by atoms with E-state index in [1.54, 1.807) is 11.3 Å². The fraction of sp³-hybridized carbons (Fsp3) is 0.353. The van der Waals surface area contributed by atoms with Crippen molar-refractivity contribution >= 4 is 17.4 Å².